The Morgan fingerprint density at radius 3 is 2.71 bits per heavy atom. The first-order chi connectivity index (χ1) is 11.6. The van der Waals surface area contributed by atoms with Gasteiger partial charge in [-0.3, -0.25) is 4.79 Å². The van der Waals surface area contributed by atoms with Gasteiger partial charge in [-0.1, -0.05) is 11.6 Å². The summed E-state index contributed by atoms with van der Waals surface area (Å²) in [5.74, 6) is 1.96. The Hall–Kier alpha value is -1.85. The van der Waals surface area contributed by atoms with Gasteiger partial charge in [-0.15, -0.1) is 11.8 Å². The van der Waals surface area contributed by atoms with Gasteiger partial charge < -0.3 is 14.8 Å². The molecule has 0 aliphatic carbocycles. The maximum Gasteiger partial charge on any atom is 0.251 e. The van der Waals surface area contributed by atoms with Crippen molar-refractivity contribution >= 4 is 29.3 Å². The largest absolute Gasteiger partial charge is 0.493 e. The van der Waals surface area contributed by atoms with Crippen LogP contribution in [-0.2, 0) is 0 Å². The molecule has 0 aromatic heterocycles. The van der Waals surface area contributed by atoms with Gasteiger partial charge in [0.1, 0.15) is 0 Å². The van der Waals surface area contributed by atoms with Gasteiger partial charge in [-0.05, 0) is 48.4 Å². The van der Waals surface area contributed by atoms with Crippen molar-refractivity contribution in [3.05, 3.63) is 52.5 Å². The number of thioether (sulfide) groups is 1. The van der Waals surface area contributed by atoms with Crippen molar-refractivity contribution in [1.29, 1.82) is 0 Å². The van der Waals surface area contributed by atoms with E-state index < -0.39 is 0 Å². The molecule has 126 valence electrons. The van der Waals surface area contributed by atoms with Crippen molar-refractivity contribution in [2.24, 2.45) is 0 Å². The van der Waals surface area contributed by atoms with E-state index in [0.29, 0.717) is 22.1 Å². The second-order valence-corrected chi connectivity index (χ2v) is 6.99. The first kappa shape index (κ1) is 17.0. The SMILES string of the molecule is COc1ccc(C(=O)N[C@H]2CCSc3ccc(Cl)cc32)cc1OC. The molecule has 6 heteroatoms. The molecule has 4 nitrogen and oxygen atoms in total. The fourth-order valence-corrected chi connectivity index (χ4v) is 4.02. The van der Waals surface area contributed by atoms with E-state index >= 15 is 0 Å². The van der Waals surface area contributed by atoms with Crippen LogP contribution in [0.4, 0.5) is 0 Å². The normalized spacial score (nSPS) is 16.2. The number of halogens is 1. The van der Waals surface area contributed by atoms with Crippen LogP contribution in [0.2, 0.25) is 5.02 Å². The molecule has 0 unspecified atom stereocenters. The molecule has 1 aliphatic rings. The summed E-state index contributed by atoms with van der Waals surface area (Å²) < 4.78 is 10.5. The number of ether oxygens (including phenoxy) is 2. The second-order valence-electron chi connectivity index (χ2n) is 5.42. The van der Waals surface area contributed by atoms with Gasteiger partial charge in [0.2, 0.25) is 0 Å². The Kier molecular flexibility index (Phi) is 5.21. The molecular weight excluding hydrogens is 346 g/mol. The highest BCUT2D eigenvalue weighted by Crippen LogP contribution is 2.37. The van der Waals surface area contributed by atoms with Gasteiger partial charge in [-0.2, -0.15) is 0 Å². The summed E-state index contributed by atoms with van der Waals surface area (Å²) in [5.41, 5.74) is 1.61. The lowest BCUT2D eigenvalue weighted by atomic mass is 10.0. The van der Waals surface area contributed by atoms with Crippen molar-refractivity contribution in [1.82, 2.24) is 5.32 Å². The zero-order valence-corrected chi connectivity index (χ0v) is 15.0. The Labute approximate surface area is 150 Å². The number of carbonyl (C=O) groups excluding carboxylic acids is 1. The van der Waals surface area contributed by atoms with Crippen molar-refractivity contribution < 1.29 is 14.3 Å². The van der Waals surface area contributed by atoms with Gasteiger partial charge in [0.05, 0.1) is 20.3 Å². The van der Waals surface area contributed by atoms with Crippen LogP contribution >= 0.6 is 23.4 Å². The third kappa shape index (κ3) is 3.47. The van der Waals surface area contributed by atoms with E-state index in [-0.39, 0.29) is 11.9 Å². The lowest BCUT2D eigenvalue weighted by Gasteiger charge is -2.26. The van der Waals surface area contributed by atoms with Crippen LogP contribution in [0.25, 0.3) is 0 Å². The zero-order valence-electron chi connectivity index (χ0n) is 13.5. The van der Waals surface area contributed by atoms with E-state index in [4.69, 9.17) is 21.1 Å². The molecule has 1 heterocycles. The molecule has 3 rings (SSSR count). The summed E-state index contributed by atoms with van der Waals surface area (Å²) in [6.07, 6.45) is 0.872. The molecule has 1 atom stereocenters. The van der Waals surface area contributed by atoms with Crippen LogP contribution < -0.4 is 14.8 Å². The van der Waals surface area contributed by atoms with E-state index in [1.807, 2.05) is 18.2 Å². The lowest BCUT2D eigenvalue weighted by molar-refractivity contribution is 0.0934. The summed E-state index contributed by atoms with van der Waals surface area (Å²) in [5, 5.41) is 3.78. The minimum Gasteiger partial charge on any atom is -0.493 e. The Morgan fingerprint density at radius 1 is 1.17 bits per heavy atom. The third-order valence-corrected chi connectivity index (χ3v) is 5.32. The van der Waals surface area contributed by atoms with Crippen LogP contribution in [0.3, 0.4) is 0 Å². The van der Waals surface area contributed by atoms with Crippen LogP contribution in [0.1, 0.15) is 28.4 Å². The Balaban J connectivity index is 1.82. The van der Waals surface area contributed by atoms with Crippen molar-refractivity contribution in [2.75, 3.05) is 20.0 Å². The molecule has 0 fully saturated rings. The average molecular weight is 364 g/mol. The van der Waals surface area contributed by atoms with Gasteiger partial charge in [0.15, 0.2) is 11.5 Å². The van der Waals surface area contributed by atoms with E-state index in [9.17, 15) is 4.79 Å². The molecule has 0 saturated heterocycles. The van der Waals surface area contributed by atoms with E-state index in [1.54, 1.807) is 44.2 Å². The second kappa shape index (κ2) is 7.36. The maximum atomic E-state index is 12.6. The molecule has 0 saturated carbocycles. The number of carbonyl (C=O) groups is 1. The molecule has 0 radical (unpaired) electrons. The number of hydrogen-bond donors (Lipinski definition) is 1. The lowest BCUT2D eigenvalue weighted by Crippen LogP contribution is -2.30. The molecule has 1 amide bonds. The third-order valence-electron chi connectivity index (χ3n) is 3.96. The molecule has 0 bridgehead atoms. The number of methoxy groups -OCH3 is 2. The van der Waals surface area contributed by atoms with Crippen LogP contribution in [0, 0.1) is 0 Å². The van der Waals surface area contributed by atoms with Crippen molar-refractivity contribution in [3.63, 3.8) is 0 Å². The zero-order chi connectivity index (χ0) is 17.1. The van der Waals surface area contributed by atoms with E-state index in [0.717, 1.165) is 17.7 Å². The van der Waals surface area contributed by atoms with Gasteiger partial charge in [0, 0.05) is 21.2 Å². The van der Waals surface area contributed by atoms with Crippen molar-refractivity contribution in [2.45, 2.75) is 17.4 Å². The average Bonchev–Trinajstić information content (AvgIpc) is 2.61. The van der Waals surface area contributed by atoms with Gasteiger partial charge >= 0.3 is 0 Å². The molecule has 0 spiro atoms. The Morgan fingerprint density at radius 2 is 1.96 bits per heavy atom. The predicted molar refractivity (Wildman–Crippen MR) is 96.5 cm³/mol. The number of amides is 1. The first-order valence-electron chi connectivity index (χ1n) is 7.57. The monoisotopic (exact) mass is 363 g/mol. The fourth-order valence-electron chi connectivity index (χ4n) is 2.73. The van der Waals surface area contributed by atoms with Crippen LogP contribution in [0.5, 0.6) is 11.5 Å². The number of rotatable bonds is 4. The highest BCUT2D eigenvalue weighted by atomic mass is 35.5. The van der Waals surface area contributed by atoms with Crippen LogP contribution in [0.15, 0.2) is 41.3 Å². The Bertz CT molecular complexity index is 766. The van der Waals surface area contributed by atoms with E-state index in [1.165, 1.54) is 4.90 Å². The number of benzene rings is 2. The quantitative estimate of drug-likeness (QED) is 0.878. The number of nitrogens with one attached hydrogen (secondary N) is 1. The van der Waals surface area contributed by atoms with Crippen molar-refractivity contribution in [3.8, 4) is 11.5 Å². The predicted octanol–water partition coefficient (Wildman–Crippen LogP) is 4.32. The summed E-state index contributed by atoms with van der Waals surface area (Å²) in [6, 6.07) is 10.9. The summed E-state index contributed by atoms with van der Waals surface area (Å²) in [6.45, 7) is 0. The molecule has 1 N–H and O–H groups in total. The summed E-state index contributed by atoms with van der Waals surface area (Å²) in [4.78, 5) is 13.8. The smallest absolute Gasteiger partial charge is 0.251 e. The van der Waals surface area contributed by atoms with Crippen LogP contribution in [-0.4, -0.2) is 25.9 Å². The number of hydrogen-bond acceptors (Lipinski definition) is 4. The number of fused-ring (bicyclic) bond motifs is 1. The fraction of sp³-hybridized carbons (Fsp3) is 0.278. The molecule has 24 heavy (non-hydrogen) atoms. The van der Waals surface area contributed by atoms with Gasteiger partial charge in [0.25, 0.3) is 5.91 Å². The summed E-state index contributed by atoms with van der Waals surface area (Å²) >= 11 is 7.90. The van der Waals surface area contributed by atoms with E-state index in [2.05, 4.69) is 5.32 Å². The topological polar surface area (TPSA) is 47.6 Å². The highest BCUT2D eigenvalue weighted by Gasteiger charge is 2.23. The maximum absolute atomic E-state index is 12.6. The molecular formula is C18H18ClNO3S. The summed E-state index contributed by atoms with van der Waals surface area (Å²) in [7, 11) is 3.12. The minimum absolute atomic E-state index is 0.0412. The highest BCUT2D eigenvalue weighted by molar-refractivity contribution is 7.99. The van der Waals surface area contributed by atoms with Gasteiger partial charge in [-0.25, -0.2) is 0 Å². The first-order valence-corrected chi connectivity index (χ1v) is 8.94. The molecule has 2 aromatic carbocycles. The standard InChI is InChI=1S/C18H18ClNO3S/c1-22-15-5-3-11(9-16(15)23-2)18(21)20-14-7-8-24-17-6-4-12(19)10-13(14)17/h3-6,9-10,14H,7-8H2,1-2H3,(H,20,21)/t14-/m0/s1. The molecule has 1 aliphatic heterocycles. The minimum atomic E-state index is -0.140. The molecule has 2 aromatic rings.